The Morgan fingerprint density at radius 2 is 2.12 bits per heavy atom. The van der Waals surface area contributed by atoms with Crippen molar-refractivity contribution in [1.29, 1.82) is 0 Å². The molecule has 4 rings (SSSR count). The summed E-state index contributed by atoms with van der Waals surface area (Å²) in [5.41, 5.74) is 3.28. The molecule has 0 radical (unpaired) electrons. The molecule has 1 aliphatic rings. The topological polar surface area (TPSA) is 83.1 Å². The molecule has 0 saturated carbocycles. The molecule has 0 spiro atoms. The molecule has 1 saturated heterocycles. The van der Waals surface area contributed by atoms with E-state index in [-0.39, 0.29) is 11.8 Å². The van der Waals surface area contributed by atoms with E-state index in [0.717, 1.165) is 54.2 Å². The summed E-state index contributed by atoms with van der Waals surface area (Å²) < 4.78 is 0. The molecule has 0 atom stereocenters. The minimum atomic E-state index is 0.0166. The zero-order valence-corrected chi connectivity index (χ0v) is 14.6. The molecule has 134 valence electrons. The third-order valence-electron chi connectivity index (χ3n) is 4.74. The number of fused-ring (bicyclic) bond motifs is 1. The number of hydrogen-bond donors (Lipinski definition) is 2. The van der Waals surface area contributed by atoms with Gasteiger partial charge in [0.15, 0.2) is 5.82 Å². The average molecular weight is 351 g/mol. The van der Waals surface area contributed by atoms with Crippen LogP contribution in [0.3, 0.4) is 0 Å². The van der Waals surface area contributed by atoms with Gasteiger partial charge in [0.1, 0.15) is 5.69 Å². The maximum Gasteiger partial charge on any atom is 0.227 e. The second-order valence-electron chi connectivity index (χ2n) is 6.41. The summed E-state index contributed by atoms with van der Waals surface area (Å²) in [6.45, 7) is 1.56. The number of piperidine rings is 1. The summed E-state index contributed by atoms with van der Waals surface area (Å²) >= 11 is 0. The smallest absolute Gasteiger partial charge is 0.227 e. The van der Waals surface area contributed by atoms with E-state index in [1.165, 1.54) is 0 Å². The molecule has 2 N–H and O–H groups in total. The number of anilines is 1. The Kier molecular flexibility index (Phi) is 4.64. The monoisotopic (exact) mass is 351 g/mol. The molecular formula is C19H21N5O2. The second kappa shape index (κ2) is 7.23. The summed E-state index contributed by atoms with van der Waals surface area (Å²) in [5, 5.41) is 4.91. The van der Waals surface area contributed by atoms with Crippen LogP contribution in [0.25, 0.3) is 22.6 Å². The zero-order chi connectivity index (χ0) is 17.9. The Balaban J connectivity index is 1.48. The molecule has 0 aliphatic carbocycles. The summed E-state index contributed by atoms with van der Waals surface area (Å²) in [7, 11) is 1.67. The Bertz CT molecular complexity index is 901. The number of carbonyl (C=O) groups excluding carboxylic acids is 1. The zero-order valence-electron chi connectivity index (χ0n) is 14.6. The maximum absolute atomic E-state index is 12.5. The van der Waals surface area contributed by atoms with Gasteiger partial charge in [-0.05, 0) is 43.2 Å². The summed E-state index contributed by atoms with van der Waals surface area (Å²) in [5.74, 6) is 0.795. The van der Waals surface area contributed by atoms with Crippen LogP contribution in [0.2, 0.25) is 0 Å². The standard InChI is InChI=1S/C19H21N5O2/c1-26-24-10-7-13(8-11-24)19(25)21-14-5-6-15-17(12-14)23-18(22-15)16-4-2-3-9-20-16/h2-6,9,12-13H,7-8,10-11H2,1H3,(H,21,25)(H,22,23). The van der Waals surface area contributed by atoms with Gasteiger partial charge in [0, 0.05) is 30.9 Å². The number of H-pyrrole nitrogens is 1. The SMILES string of the molecule is CON1CCC(C(=O)Nc2ccc3nc(-c4ccccn4)[nH]c3c2)CC1. The highest BCUT2D eigenvalue weighted by Gasteiger charge is 2.25. The van der Waals surface area contributed by atoms with Crippen LogP contribution in [0.4, 0.5) is 5.69 Å². The molecule has 0 unspecified atom stereocenters. The quantitative estimate of drug-likeness (QED) is 0.755. The minimum Gasteiger partial charge on any atom is -0.337 e. The van der Waals surface area contributed by atoms with Gasteiger partial charge in [0.2, 0.25) is 5.91 Å². The number of pyridine rings is 1. The summed E-state index contributed by atoms with van der Waals surface area (Å²) in [6, 6.07) is 11.4. The highest BCUT2D eigenvalue weighted by atomic mass is 16.7. The van der Waals surface area contributed by atoms with Crippen molar-refractivity contribution in [3.05, 3.63) is 42.6 Å². The van der Waals surface area contributed by atoms with Crippen LogP contribution in [0, 0.1) is 5.92 Å². The number of benzene rings is 1. The van der Waals surface area contributed by atoms with Gasteiger partial charge in [-0.15, -0.1) is 0 Å². The Labute approximate surface area is 151 Å². The van der Waals surface area contributed by atoms with Crippen LogP contribution < -0.4 is 5.32 Å². The van der Waals surface area contributed by atoms with Crippen molar-refractivity contribution in [3.63, 3.8) is 0 Å². The fraction of sp³-hybridized carbons (Fsp3) is 0.316. The average Bonchev–Trinajstić information content (AvgIpc) is 3.12. The molecule has 0 bridgehead atoms. The van der Waals surface area contributed by atoms with Gasteiger partial charge in [-0.3, -0.25) is 9.78 Å². The first-order valence-electron chi connectivity index (χ1n) is 8.74. The van der Waals surface area contributed by atoms with Gasteiger partial charge < -0.3 is 15.1 Å². The predicted octanol–water partition coefficient (Wildman–Crippen LogP) is 2.84. The molecule has 1 aromatic carbocycles. The first kappa shape index (κ1) is 16.7. The number of amides is 1. The molecule has 3 aromatic rings. The maximum atomic E-state index is 12.5. The highest BCUT2D eigenvalue weighted by Crippen LogP contribution is 2.23. The Hall–Kier alpha value is -2.77. The lowest BCUT2D eigenvalue weighted by Crippen LogP contribution is -2.37. The summed E-state index contributed by atoms with van der Waals surface area (Å²) in [4.78, 5) is 29.9. The van der Waals surface area contributed by atoms with Crippen molar-refractivity contribution < 1.29 is 9.63 Å². The lowest BCUT2D eigenvalue weighted by molar-refractivity contribution is -0.152. The first-order valence-corrected chi connectivity index (χ1v) is 8.74. The number of aromatic nitrogens is 3. The largest absolute Gasteiger partial charge is 0.337 e. The minimum absolute atomic E-state index is 0.0166. The van der Waals surface area contributed by atoms with Gasteiger partial charge in [0.25, 0.3) is 0 Å². The first-order chi connectivity index (χ1) is 12.7. The number of rotatable bonds is 4. The van der Waals surface area contributed by atoms with Crippen molar-refractivity contribution in [2.45, 2.75) is 12.8 Å². The van der Waals surface area contributed by atoms with E-state index in [9.17, 15) is 4.79 Å². The molecule has 2 aromatic heterocycles. The van der Waals surface area contributed by atoms with Crippen LogP contribution in [0.15, 0.2) is 42.6 Å². The van der Waals surface area contributed by atoms with Crippen LogP contribution >= 0.6 is 0 Å². The molecule has 26 heavy (non-hydrogen) atoms. The van der Waals surface area contributed by atoms with Gasteiger partial charge in [-0.1, -0.05) is 6.07 Å². The number of nitrogens with zero attached hydrogens (tertiary/aromatic N) is 3. The molecule has 1 aliphatic heterocycles. The van der Waals surface area contributed by atoms with Gasteiger partial charge in [-0.2, -0.15) is 5.06 Å². The summed E-state index contributed by atoms with van der Waals surface area (Å²) in [6.07, 6.45) is 3.34. The lowest BCUT2D eigenvalue weighted by atomic mass is 9.97. The third kappa shape index (κ3) is 3.44. The highest BCUT2D eigenvalue weighted by molar-refractivity contribution is 5.94. The lowest BCUT2D eigenvalue weighted by Gasteiger charge is -2.29. The van der Waals surface area contributed by atoms with Crippen molar-refractivity contribution in [2.75, 3.05) is 25.5 Å². The van der Waals surface area contributed by atoms with Gasteiger partial charge >= 0.3 is 0 Å². The van der Waals surface area contributed by atoms with Crippen LogP contribution in [-0.4, -0.2) is 46.1 Å². The van der Waals surface area contributed by atoms with Gasteiger partial charge in [-0.25, -0.2) is 4.98 Å². The number of hydrogen-bond acceptors (Lipinski definition) is 5. The number of carbonyl (C=O) groups is 1. The Morgan fingerprint density at radius 1 is 1.27 bits per heavy atom. The van der Waals surface area contributed by atoms with E-state index in [2.05, 4.69) is 20.3 Å². The van der Waals surface area contributed by atoms with Crippen LogP contribution in [0.5, 0.6) is 0 Å². The van der Waals surface area contributed by atoms with E-state index in [4.69, 9.17) is 4.84 Å². The number of imidazole rings is 1. The number of nitrogens with one attached hydrogen (secondary N) is 2. The van der Waals surface area contributed by atoms with Crippen molar-refractivity contribution in [1.82, 2.24) is 20.0 Å². The van der Waals surface area contributed by atoms with Crippen molar-refractivity contribution >= 4 is 22.6 Å². The Morgan fingerprint density at radius 3 is 2.85 bits per heavy atom. The molecule has 7 heteroatoms. The van der Waals surface area contributed by atoms with E-state index < -0.39 is 0 Å². The van der Waals surface area contributed by atoms with Crippen molar-refractivity contribution in [2.24, 2.45) is 5.92 Å². The molecule has 3 heterocycles. The fourth-order valence-corrected chi connectivity index (χ4v) is 3.26. The second-order valence-corrected chi connectivity index (χ2v) is 6.41. The van der Waals surface area contributed by atoms with E-state index >= 15 is 0 Å². The van der Waals surface area contributed by atoms with Crippen LogP contribution in [0.1, 0.15) is 12.8 Å². The molecule has 1 fully saturated rings. The fourth-order valence-electron chi connectivity index (χ4n) is 3.26. The number of hydroxylamine groups is 2. The number of aromatic amines is 1. The van der Waals surface area contributed by atoms with E-state index in [1.807, 2.05) is 41.5 Å². The third-order valence-corrected chi connectivity index (χ3v) is 4.74. The van der Waals surface area contributed by atoms with E-state index in [0.29, 0.717) is 0 Å². The predicted molar refractivity (Wildman–Crippen MR) is 99.3 cm³/mol. The van der Waals surface area contributed by atoms with E-state index in [1.54, 1.807) is 13.3 Å². The molecule has 1 amide bonds. The van der Waals surface area contributed by atoms with Crippen LogP contribution in [-0.2, 0) is 9.63 Å². The van der Waals surface area contributed by atoms with Gasteiger partial charge in [0.05, 0.1) is 18.1 Å². The molecule has 7 nitrogen and oxygen atoms in total. The van der Waals surface area contributed by atoms with Crippen molar-refractivity contribution in [3.8, 4) is 11.5 Å². The molecular weight excluding hydrogens is 330 g/mol. The normalized spacial score (nSPS) is 16.0.